The molecule has 0 bridgehead atoms. The van der Waals surface area contributed by atoms with E-state index in [1.807, 2.05) is 0 Å². The number of benzene rings is 1. The van der Waals surface area contributed by atoms with Crippen LogP contribution in [-0.2, 0) is 6.54 Å². The molecule has 1 rings (SSSR count). The third kappa shape index (κ3) is 1.83. The van der Waals surface area contributed by atoms with E-state index < -0.39 is 0 Å². The Morgan fingerprint density at radius 2 is 1.92 bits per heavy atom. The van der Waals surface area contributed by atoms with Gasteiger partial charge in [0.05, 0.1) is 5.02 Å². The van der Waals surface area contributed by atoms with Crippen molar-refractivity contribution in [3.05, 3.63) is 33.1 Å². The fraction of sp³-hybridized carbons (Fsp3) is 0.250. The van der Waals surface area contributed by atoms with Crippen molar-refractivity contribution < 1.29 is 5.11 Å². The first-order chi connectivity index (χ1) is 5.66. The third-order valence-electron chi connectivity index (χ3n) is 1.49. The van der Waals surface area contributed by atoms with E-state index in [1.54, 1.807) is 19.2 Å². The van der Waals surface area contributed by atoms with E-state index in [4.69, 9.17) is 23.2 Å². The lowest BCUT2D eigenvalue weighted by Crippen LogP contribution is -1.86. The van der Waals surface area contributed by atoms with Gasteiger partial charge in [-0.05, 0) is 17.7 Å². The number of hydrogen-bond acceptors (Lipinski definition) is 1. The van der Waals surface area contributed by atoms with Crippen LogP contribution in [0.4, 0.5) is 0 Å². The van der Waals surface area contributed by atoms with Crippen LogP contribution in [0.2, 0.25) is 10.0 Å². The summed E-state index contributed by atoms with van der Waals surface area (Å²) in [5.41, 5.74) is 0.576. The Labute approximate surface area is 81.1 Å². The summed E-state index contributed by atoms with van der Waals surface area (Å²) in [6.45, 7) is 0.380. The Bertz CT molecular complexity index is 289. The Hall–Kier alpha value is -0.440. The van der Waals surface area contributed by atoms with Gasteiger partial charge in [-0.25, -0.2) is 0 Å². The van der Waals surface area contributed by atoms with Crippen LogP contribution >= 0.6 is 23.2 Å². The number of rotatable bonds is 2. The first kappa shape index (κ1) is 9.65. The maximum Gasteiger partial charge on any atom is 0.137 e. The molecule has 1 aromatic rings. The zero-order chi connectivity index (χ0) is 9.14. The summed E-state index contributed by atoms with van der Waals surface area (Å²) in [4.78, 5) is 0. The van der Waals surface area contributed by atoms with Crippen LogP contribution in [0.15, 0.2) is 12.1 Å². The molecule has 0 aliphatic heterocycles. The number of hydrogen-bond donors (Lipinski definition) is 1. The van der Waals surface area contributed by atoms with Crippen LogP contribution in [0, 0.1) is 0 Å². The van der Waals surface area contributed by atoms with E-state index in [-0.39, 0.29) is 5.75 Å². The second-order valence-corrected chi connectivity index (χ2v) is 3.15. The van der Waals surface area contributed by atoms with E-state index in [9.17, 15) is 5.11 Å². The highest BCUT2D eigenvalue weighted by Gasteiger charge is 2.05. The van der Waals surface area contributed by atoms with Crippen LogP contribution in [0.3, 0.4) is 0 Å². The van der Waals surface area contributed by atoms with Gasteiger partial charge in [-0.3, -0.25) is 0 Å². The lowest BCUT2D eigenvalue weighted by Gasteiger charge is -2.14. The lowest BCUT2D eigenvalue weighted by atomic mass is 10.2. The number of halogens is 2. The van der Waals surface area contributed by atoms with Crippen molar-refractivity contribution in [2.45, 2.75) is 6.54 Å². The average molecular weight is 205 g/mol. The predicted octanol–water partition coefficient (Wildman–Crippen LogP) is 3.20. The summed E-state index contributed by atoms with van der Waals surface area (Å²) in [6.07, 6.45) is 0. The molecular weight excluding hydrogens is 197 g/mol. The van der Waals surface area contributed by atoms with Crippen molar-refractivity contribution in [1.82, 2.24) is 0 Å². The first-order valence-electron chi connectivity index (χ1n) is 3.38. The van der Waals surface area contributed by atoms with Crippen molar-refractivity contribution in [3.8, 4) is 5.75 Å². The van der Waals surface area contributed by atoms with E-state index >= 15 is 0 Å². The van der Waals surface area contributed by atoms with Crippen LogP contribution in [0.1, 0.15) is 5.56 Å². The molecular formula is C8H8Cl2NO-. The minimum atomic E-state index is 0.0229. The summed E-state index contributed by atoms with van der Waals surface area (Å²) in [5, 5.41) is 14.1. The fourth-order valence-corrected chi connectivity index (χ4v) is 1.28. The molecule has 1 N–H and O–H groups in total. The Morgan fingerprint density at radius 1 is 1.33 bits per heavy atom. The number of phenols is 1. The number of nitrogens with zero attached hydrogens (tertiary/aromatic N) is 1. The maximum atomic E-state index is 9.43. The molecule has 66 valence electrons. The molecule has 4 heteroatoms. The molecule has 1 aromatic carbocycles. The molecule has 0 unspecified atom stereocenters. The normalized spacial score (nSPS) is 10.2. The van der Waals surface area contributed by atoms with Crippen molar-refractivity contribution in [2.24, 2.45) is 0 Å². The molecule has 0 aliphatic carbocycles. The second kappa shape index (κ2) is 3.99. The summed E-state index contributed by atoms with van der Waals surface area (Å²) in [7, 11) is 1.65. The monoisotopic (exact) mass is 204 g/mol. The van der Waals surface area contributed by atoms with E-state index in [2.05, 4.69) is 5.32 Å². The number of aromatic hydroxyl groups is 1. The molecule has 0 saturated heterocycles. The topological polar surface area (TPSA) is 34.3 Å². The largest absolute Gasteiger partial charge is 0.661 e. The highest BCUT2D eigenvalue weighted by atomic mass is 35.5. The first-order valence-corrected chi connectivity index (χ1v) is 4.14. The van der Waals surface area contributed by atoms with Crippen molar-refractivity contribution in [3.63, 3.8) is 0 Å². The maximum absolute atomic E-state index is 9.43. The molecule has 0 atom stereocenters. The summed E-state index contributed by atoms with van der Waals surface area (Å²) >= 11 is 11.5. The van der Waals surface area contributed by atoms with Crippen molar-refractivity contribution in [2.75, 3.05) is 7.05 Å². The smallest absolute Gasteiger partial charge is 0.137 e. The minimum Gasteiger partial charge on any atom is -0.661 e. The molecule has 0 aromatic heterocycles. The molecule has 2 nitrogen and oxygen atoms in total. The van der Waals surface area contributed by atoms with Gasteiger partial charge < -0.3 is 10.4 Å². The molecule has 12 heavy (non-hydrogen) atoms. The zero-order valence-corrected chi connectivity index (χ0v) is 8.02. The van der Waals surface area contributed by atoms with Gasteiger partial charge in [-0.2, -0.15) is 7.05 Å². The Kier molecular flexibility index (Phi) is 3.20. The van der Waals surface area contributed by atoms with Gasteiger partial charge >= 0.3 is 0 Å². The van der Waals surface area contributed by atoms with Gasteiger partial charge in [0.1, 0.15) is 5.75 Å². The molecule has 0 aliphatic rings. The van der Waals surface area contributed by atoms with E-state index in [0.717, 1.165) is 0 Å². The van der Waals surface area contributed by atoms with Crippen molar-refractivity contribution >= 4 is 23.2 Å². The molecule has 0 heterocycles. The second-order valence-electron chi connectivity index (χ2n) is 2.33. The van der Waals surface area contributed by atoms with Crippen LogP contribution in [0.25, 0.3) is 5.32 Å². The van der Waals surface area contributed by atoms with Crippen molar-refractivity contribution in [1.29, 1.82) is 0 Å². The van der Waals surface area contributed by atoms with E-state index in [0.29, 0.717) is 22.2 Å². The van der Waals surface area contributed by atoms with Gasteiger partial charge in [0.2, 0.25) is 0 Å². The summed E-state index contributed by atoms with van der Waals surface area (Å²) in [5.74, 6) is 0.0229. The molecule has 0 saturated carbocycles. The minimum absolute atomic E-state index is 0.0229. The van der Waals surface area contributed by atoms with Crippen LogP contribution in [-0.4, -0.2) is 12.2 Å². The van der Waals surface area contributed by atoms with Gasteiger partial charge in [-0.1, -0.05) is 23.2 Å². The van der Waals surface area contributed by atoms with E-state index in [1.165, 1.54) is 0 Å². The van der Waals surface area contributed by atoms with Gasteiger partial charge in [0, 0.05) is 5.02 Å². The Morgan fingerprint density at radius 3 is 2.50 bits per heavy atom. The molecule has 0 amide bonds. The molecule has 0 radical (unpaired) electrons. The fourth-order valence-electron chi connectivity index (χ4n) is 0.892. The number of phenolic OH excluding ortho intramolecular Hbond substituents is 1. The predicted molar refractivity (Wildman–Crippen MR) is 51.1 cm³/mol. The Balaban J connectivity index is 3.14. The lowest BCUT2D eigenvalue weighted by molar-refractivity contribution is 0.469. The molecule has 0 fully saturated rings. The highest BCUT2D eigenvalue weighted by Crippen LogP contribution is 2.33. The van der Waals surface area contributed by atoms with Gasteiger partial charge in [0.15, 0.2) is 0 Å². The molecule has 0 spiro atoms. The van der Waals surface area contributed by atoms with Crippen LogP contribution < -0.4 is 0 Å². The standard InChI is InChI=1S/C8H8Cl2NO/c1-11-4-5-6(9)2-3-7(10)8(5)12/h2-3,12H,4H2,1H3/q-1. The van der Waals surface area contributed by atoms with Gasteiger partial charge in [-0.15, -0.1) is 6.54 Å². The summed E-state index contributed by atoms with van der Waals surface area (Å²) in [6, 6.07) is 3.20. The highest BCUT2D eigenvalue weighted by molar-refractivity contribution is 6.34. The van der Waals surface area contributed by atoms with Gasteiger partial charge in [0.25, 0.3) is 0 Å². The average Bonchev–Trinajstić information content (AvgIpc) is 2.06. The SMILES string of the molecule is C[N-]Cc1c(Cl)ccc(Cl)c1O. The summed E-state index contributed by atoms with van der Waals surface area (Å²) < 4.78 is 0. The third-order valence-corrected chi connectivity index (χ3v) is 2.15. The quantitative estimate of drug-likeness (QED) is 0.790. The zero-order valence-electron chi connectivity index (χ0n) is 6.51. The van der Waals surface area contributed by atoms with Crippen LogP contribution in [0.5, 0.6) is 5.75 Å².